The lowest BCUT2D eigenvalue weighted by atomic mass is 9.80. The molecular formula is C30H31NO3. The van der Waals surface area contributed by atoms with Gasteiger partial charge in [-0.05, 0) is 114 Å². The van der Waals surface area contributed by atoms with E-state index in [0.717, 1.165) is 37.5 Å². The van der Waals surface area contributed by atoms with Crippen LogP contribution in [0.15, 0.2) is 60.7 Å². The molecule has 1 saturated heterocycles. The first-order valence-electron chi connectivity index (χ1n) is 12.4. The average Bonchev–Trinajstić information content (AvgIpc) is 3.50. The van der Waals surface area contributed by atoms with Crippen molar-refractivity contribution in [2.45, 2.75) is 31.6 Å². The van der Waals surface area contributed by atoms with Crippen LogP contribution in [0.1, 0.15) is 53.0 Å². The Bertz CT molecular complexity index is 1240. The van der Waals surface area contributed by atoms with Gasteiger partial charge in [0.05, 0.1) is 7.11 Å². The maximum absolute atomic E-state index is 10.1. The summed E-state index contributed by atoms with van der Waals surface area (Å²) in [6, 6.07) is 21.0. The van der Waals surface area contributed by atoms with Crippen LogP contribution in [0, 0.1) is 0 Å². The molecule has 0 saturated carbocycles. The van der Waals surface area contributed by atoms with E-state index in [1.807, 2.05) is 12.1 Å². The molecule has 3 aromatic rings. The van der Waals surface area contributed by atoms with Gasteiger partial charge < -0.3 is 14.6 Å². The third kappa shape index (κ3) is 3.76. The number of likely N-dealkylation sites (tertiary alicyclic amines) is 1. The Morgan fingerprint density at radius 3 is 2.47 bits per heavy atom. The van der Waals surface area contributed by atoms with Gasteiger partial charge in [0, 0.05) is 12.5 Å². The van der Waals surface area contributed by atoms with Crippen molar-refractivity contribution in [3.8, 4) is 17.2 Å². The molecule has 0 radical (unpaired) electrons. The van der Waals surface area contributed by atoms with Crippen molar-refractivity contribution >= 4 is 11.1 Å². The highest BCUT2D eigenvalue weighted by atomic mass is 16.5. The second kappa shape index (κ2) is 8.84. The van der Waals surface area contributed by atoms with Gasteiger partial charge in [0.15, 0.2) is 0 Å². The second-order valence-corrected chi connectivity index (χ2v) is 9.59. The van der Waals surface area contributed by atoms with E-state index in [0.29, 0.717) is 5.75 Å². The molecule has 4 heteroatoms. The number of methoxy groups -OCH3 is 1. The van der Waals surface area contributed by atoms with Gasteiger partial charge in [-0.25, -0.2) is 0 Å². The summed E-state index contributed by atoms with van der Waals surface area (Å²) in [4.78, 5) is 2.48. The van der Waals surface area contributed by atoms with E-state index < -0.39 is 0 Å². The smallest absolute Gasteiger partial charge is 0.119 e. The first-order valence-corrected chi connectivity index (χ1v) is 12.4. The largest absolute Gasteiger partial charge is 0.508 e. The molecule has 1 unspecified atom stereocenters. The van der Waals surface area contributed by atoms with Crippen molar-refractivity contribution in [2.24, 2.45) is 0 Å². The maximum atomic E-state index is 10.1. The topological polar surface area (TPSA) is 41.9 Å². The lowest BCUT2D eigenvalue weighted by molar-refractivity contribution is 0.238. The van der Waals surface area contributed by atoms with Gasteiger partial charge in [-0.15, -0.1) is 0 Å². The van der Waals surface area contributed by atoms with Crippen LogP contribution in [-0.4, -0.2) is 43.4 Å². The molecule has 3 aromatic carbocycles. The summed E-state index contributed by atoms with van der Waals surface area (Å²) in [5.41, 5.74) is 9.15. The molecule has 1 atom stereocenters. The number of allylic oxidation sites excluding steroid dienone is 2. The molecule has 0 bridgehead atoms. The van der Waals surface area contributed by atoms with Crippen LogP contribution in [0.4, 0.5) is 0 Å². The number of fused-ring (bicyclic) bond motifs is 4. The Morgan fingerprint density at radius 1 is 0.882 bits per heavy atom. The third-order valence-corrected chi connectivity index (χ3v) is 7.62. The average molecular weight is 454 g/mol. The molecule has 1 heterocycles. The van der Waals surface area contributed by atoms with E-state index in [-0.39, 0.29) is 5.92 Å². The Morgan fingerprint density at radius 2 is 1.68 bits per heavy atom. The zero-order chi connectivity index (χ0) is 23.1. The normalized spacial score (nSPS) is 19.0. The molecule has 34 heavy (non-hydrogen) atoms. The predicted octanol–water partition coefficient (Wildman–Crippen LogP) is 5.88. The number of hydrogen-bond acceptors (Lipinski definition) is 4. The van der Waals surface area contributed by atoms with Crippen molar-refractivity contribution < 1.29 is 14.6 Å². The number of phenolic OH excluding ortho intramolecular Hbond substituents is 1. The van der Waals surface area contributed by atoms with Gasteiger partial charge in [-0.3, -0.25) is 4.90 Å². The summed E-state index contributed by atoms with van der Waals surface area (Å²) in [7, 11) is 1.73. The fraction of sp³-hybridized carbons (Fsp3) is 0.333. The first kappa shape index (κ1) is 21.3. The fourth-order valence-corrected chi connectivity index (χ4v) is 5.95. The van der Waals surface area contributed by atoms with Gasteiger partial charge in [-0.2, -0.15) is 0 Å². The van der Waals surface area contributed by atoms with Crippen molar-refractivity contribution in [2.75, 3.05) is 33.4 Å². The predicted molar refractivity (Wildman–Crippen MR) is 136 cm³/mol. The van der Waals surface area contributed by atoms with E-state index in [1.165, 1.54) is 64.9 Å². The quantitative estimate of drug-likeness (QED) is 0.506. The zero-order valence-corrected chi connectivity index (χ0v) is 19.7. The monoisotopic (exact) mass is 453 g/mol. The molecule has 0 aromatic heterocycles. The van der Waals surface area contributed by atoms with Crippen molar-refractivity contribution in [1.29, 1.82) is 0 Å². The van der Waals surface area contributed by atoms with Crippen LogP contribution in [-0.2, 0) is 6.42 Å². The Balaban J connectivity index is 1.33. The minimum absolute atomic E-state index is 0.165. The number of aromatic hydroxyl groups is 1. The number of rotatable bonds is 6. The van der Waals surface area contributed by atoms with E-state index >= 15 is 0 Å². The second-order valence-electron chi connectivity index (χ2n) is 9.59. The van der Waals surface area contributed by atoms with Crippen molar-refractivity contribution in [3.63, 3.8) is 0 Å². The van der Waals surface area contributed by atoms with E-state index in [1.54, 1.807) is 7.11 Å². The van der Waals surface area contributed by atoms with E-state index in [2.05, 4.69) is 53.4 Å². The lowest BCUT2D eigenvalue weighted by Gasteiger charge is -2.24. The molecule has 2 aliphatic carbocycles. The minimum atomic E-state index is 0.165. The number of phenols is 1. The summed E-state index contributed by atoms with van der Waals surface area (Å²) >= 11 is 0. The van der Waals surface area contributed by atoms with Gasteiger partial charge in [0.25, 0.3) is 0 Å². The molecule has 1 fully saturated rings. The molecule has 4 nitrogen and oxygen atoms in total. The van der Waals surface area contributed by atoms with Crippen LogP contribution < -0.4 is 9.47 Å². The molecule has 0 spiro atoms. The Labute approximate surface area is 201 Å². The maximum Gasteiger partial charge on any atom is 0.119 e. The Kier molecular flexibility index (Phi) is 5.54. The first-order chi connectivity index (χ1) is 16.7. The standard InChI is InChI=1S/C30H31NO3/c1-33-24-10-13-26-28(19-24)27-11-6-21-18-22(32)7-12-25(21)30(27)29(26)20-4-8-23(9-5-20)34-17-16-31-14-2-3-15-31/h4-5,7-10,12-13,18-19,29,32H,2-3,6,11,14-17H2,1H3. The minimum Gasteiger partial charge on any atom is -0.508 e. The van der Waals surface area contributed by atoms with Crippen LogP contribution in [0.5, 0.6) is 17.2 Å². The number of ether oxygens (including phenoxy) is 2. The molecule has 1 N–H and O–H groups in total. The number of benzene rings is 3. The Hall–Kier alpha value is -3.24. The SMILES string of the molecule is COc1ccc2c(c1)C1=C(c3ccc(O)cc3CC1)C2c1ccc(OCCN2CCCC2)cc1. The summed E-state index contributed by atoms with van der Waals surface area (Å²) in [6.07, 6.45) is 4.53. The van der Waals surface area contributed by atoms with Crippen LogP contribution in [0.25, 0.3) is 11.1 Å². The third-order valence-electron chi connectivity index (χ3n) is 7.62. The van der Waals surface area contributed by atoms with Crippen LogP contribution in [0.3, 0.4) is 0 Å². The molecule has 0 amide bonds. The zero-order valence-electron chi connectivity index (χ0n) is 19.7. The van der Waals surface area contributed by atoms with E-state index in [4.69, 9.17) is 9.47 Å². The number of nitrogens with zero attached hydrogens (tertiary/aromatic N) is 1. The summed E-state index contributed by atoms with van der Waals surface area (Å²) in [6.45, 7) is 4.13. The summed E-state index contributed by atoms with van der Waals surface area (Å²) in [5.74, 6) is 2.33. The van der Waals surface area contributed by atoms with Crippen molar-refractivity contribution in [3.05, 3.63) is 88.5 Å². The molecular weight excluding hydrogens is 422 g/mol. The highest BCUT2D eigenvalue weighted by Crippen LogP contribution is 2.55. The summed E-state index contributed by atoms with van der Waals surface area (Å²) in [5, 5.41) is 10.1. The van der Waals surface area contributed by atoms with Gasteiger partial charge >= 0.3 is 0 Å². The van der Waals surface area contributed by atoms with Gasteiger partial charge in [0.2, 0.25) is 0 Å². The van der Waals surface area contributed by atoms with E-state index in [9.17, 15) is 5.11 Å². The molecule has 1 aliphatic heterocycles. The fourth-order valence-electron chi connectivity index (χ4n) is 5.95. The molecule has 174 valence electrons. The molecule has 3 aliphatic rings. The highest BCUT2D eigenvalue weighted by molar-refractivity contribution is 6.03. The summed E-state index contributed by atoms with van der Waals surface area (Å²) < 4.78 is 11.6. The lowest BCUT2D eigenvalue weighted by Crippen LogP contribution is -2.25. The van der Waals surface area contributed by atoms with Gasteiger partial charge in [0.1, 0.15) is 23.9 Å². The van der Waals surface area contributed by atoms with Crippen LogP contribution in [0.2, 0.25) is 0 Å². The van der Waals surface area contributed by atoms with Gasteiger partial charge in [-0.1, -0.05) is 24.3 Å². The van der Waals surface area contributed by atoms with Crippen LogP contribution >= 0.6 is 0 Å². The molecule has 6 rings (SSSR count). The number of aryl methyl sites for hydroxylation is 1. The number of hydrogen-bond donors (Lipinski definition) is 1. The van der Waals surface area contributed by atoms with Crippen molar-refractivity contribution in [1.82, 2.24) is 4.90 Å². The highest BCUT2D eigenvalue weighted by Gasteiger charge is 2.36.